The second-order valence-electron chi connectivity index (χ2n) is 4.21. The van der Waals surface area contributed by atoms with Crippen LogP contribution in [0.1, 0.15) is 25.0 Å². The molecule has 1 aromatic carbocycles. The van der Waals surface area contributed by atoms with E-state index in [1.165, 1.54) is 12.1 Å². The van der Waals surface area contributed by atoms with Gasteiger partial charge in [-0.3, -0.25) is 4.79 Å². The average molecular weight is 250 g/mol. The minimum absolute atomic E-state index is 0.0573. The van der Waals surface area contributed by atoms with E-state index < -0.39 is 5.82 Å². The molecule has 0 spiro atoms. The van der Waals surface area contributed by atoms with Crippen LogP contribution in [-0.2, 0) is 4.79 Å². The zero-order chi connectivity index (χ0) is 13.9. The van der Waals surface area contributed by atoms with Crippen LogP contribution in [0.25, 0.3) is 5.57 Å². The van der Waals surface area contributed by atoms with Crippen LogP contribution in [0.4, 0.5) is 10.1 Å². The highest BCUT2D eigenvalue weighted by molar-refractivity contribution is 6.19. The molecule has 4 heteroatoms. The number of hydrogen-bond acceptors (Lipinski definition) is 2. The number of aryl methyl sites for hydroxylation is 1. The highest BCUT2D eigenvalue weighted by Crippen LogP contribution is 2.25. The lowest BCUT2D eigenvalue weighted by molar-refractivity contribution is -0.123. The van der Waals surface area contributed by atoms with Crippen LogP contribution in [-0.4, -0.2) is 24.4 Å². The Kier molecular flexibility index (Phi) is 4.48. The average Bonchev–Trinajstić information content (AvgIpc) is 2.35. The number of anilines is 1. The molecule has 1 rings (SSSR count). The van der Waals surface area contributed by atoms with Crippen molar-refractivity contribution in [2.24, 2.45) is 0 Å². The van der Waals surface area contributed by atoms with Crippen molar-refractivity contribution in [3.8, 4) is 0 Å². The summed E-state index contributed by atoms with van der Waals surface area (Å²) >= 11 is 0. The number of hydrogen-bond donors (Lipinski definition) is 1. The lowest BCUT2D eigenvalue weighted by Crippen LogP contribution is -2.27. The van der Waals surface area contributed by atoms with Gasteiger partial charge in [0.25, 0.3) is 5.91 Å². The number of likely N-dealkylation sites (N-methyl/N-ethyl adjacent to an activating group) is 1. The van der Waals surface area contributed by atoms with E-state index in [2.05, 4.69) is 0 Å². The number of nitrogens with two attached hydrogens (primary N) is 1. The molecule has 98 valence electrons. The Hall–Kier alpha value is -1.84. The fourth-order valence-electron chi connectivity index (χ4n) is 1.72. The first kappa shape index (κ1) is 14.2. The number of nitrogens with zero attached hydrogens (tertiary/aromatic N) is 1. The summed E-state index contributed by atoms with van der Waals surface area (Å²) < 4.78 is 13.3. The highest BCUT2D eigenvalue weighted by Gasteiger charge is 2.17. The van der Waals surface area contributed by atoms with E-state index in [-0.39, 0.29) is 11.6 Å². The van der Waals surface area contributed by atoms with Crippen molar-refractivity contribution in [2.75, 3.05) is 19.3 Å². The largest absolute Gasteiger partial charge is 0.396 e. The number of carbonyl (C=O) groups is 1. The molecular formula is C14H19FN2O. The predicted octanol–water partition coefficient (Wildman–Crippen LogP) is 2.60. The number of nitrogen functional groups attached to an aromatic ring is 1. The SMILES string of the molecule is C/C=C(\C(=O)N(C)CC)c1cc(N)c(F)cc1C. The minimum Gasteiger partial charge on any atom is -0.396 e. The van der Waals surface area contributed by atoms with Crippen molar-refractivity contribution in [1.82, 2.24) is 4.90 Å². The fraction of sp³-hybridized carbons (Fsp3) is 0.357. The standard InChI is InChI=1S/C14H19FN2O/c1-5-10(14(18)17(4)6-2)11-8-13(16)12(15)7-9(11)3/h5,7-8H,6,16H2,1-4H3/b10-5-. The Labute approximate surface area is 107 Å². The summed E-state index contributed by atoms with van der Waals surface area (Å²) in [4.78, 5) is 13.8. The van der Waals surface area contributed by atoms with Gasteiger partial charge in [0.1, 0.15) is 5.82 Å². The van der Waals surface area contributed by atoms with Crippen LogP contribution < -0.4 is 5.73 Å². The van der Waals surface area contributed by atoms with Crippen LogP contribution in [0.5, 0.6) is 0 Å². The second kappa shape index (κ2) is 5.67. The lowest BCUT2D eigenvalue weighted by atomic mass is 9.98. The summed E-state index contributed by atoms with van der Waals surface area (Å²) in [6.07, 6.45) is 1.73. The van der Waals surface area contributed by atoms with E-state index in [0.717, 1.165) is 0 Å². The molecular weight excluding hydrogens is 231 g/mol. The molecule has 0 unspecified atom stereocenters. The molecule has 18 heavy (non-hydrogen) atoms. The molecule has 1 aromatic rings. The van der Waals surface area contributed by atoms with Crippen LogP contribution in [0, 0.1) is 12.7 Å². The van der Waals surface area contributed by atoms with Gasteiger partial charge in [-0.25, -0.2) is 4.39 Å². The Bertz CT molecular complexity index is 495. The molecule has 3 nitrogen and oxygen atoms in total. The van der Waals surface area contributed by atoms with Gasteiger partial charge in [-0.2, -0.15) is 0 Å². The Morgan fingerprint density at radius 1 is 1.50 bits per heavy atom. The maximum atomic E-state index is 13.3. The zero-order valence-electron chi connectivity index (χ0n) is 11.2. The van der Waals surface area contributed by atoms with Crippen LogP contribution in [0.15, 0.2) is 18.2 Å². The van der Waals surface area contributed by atoms with Gasteiger partial charge in [0.15, 0.2) is 0 Å². The maximum Gasteiger partial charge on any atom is 0.253 e. The molecule has 0 aliphatic heterocycles. The number of halogens is 1. The second-order valence-corrected chi connectivity index (χ2v) is 4.21. The molecule has 0 aliphatic carbocycles. The summed E-state index contributed by atoms with van der Waals surface area (Å²) in [6, 6.07) is 2.87. The van der Waals surface area contributed by atoms with E-state index in [1.807, 2.05) is 6.92 Å². The highest BCUT2D eigenvalue weighted by atomic mass is 19.1. The van der Waals surface area contributed by atoms with Crippen LogP contribution in [0.3, 0.4) is 0 Å². The van der Waals surface area contributed by atoms with Crippen molar-refractivity contribution in [3.63, 3.8) is 0 Å². The van der Waals surface area contributed by atoms with Crippen LogP contribution in [0.2, 0.25) is 0 Å². The van der Waals surface area contributed by atoms with Crippen molar-refractivity contribution >= 4 is 17.2 Å². The topological polar surface area (TPSA) is 46.3 Å². The summed E-state index contributed by atoms with van der Waals surface area (Å²) in [5, 5.41) is 0. The molecule has 0 aromatic heterocycles. The third-order valence-corrected chi connectivity index (χ3v) is 2.97. The van der Waals surface area contributed by atoms with Gasteiger partial charge in [-0.05, 0) is 44.0 Å². The predicted molar refractivity (Wildman–Crippen MR) is 72.5 cm³/mol. The molecule has 0 radical (unpaired) electrons. The normalized spacial score (nSPS) is 11.5. The molecule has 0 heterocycles. The van der Waals surface area contributed by atoms with Gasteiger partial charge in [-0.1, -0.05) is 6.08 Å². The Balaban J connectivity index is 3.27. The smallest absolute Gasteiger partial charge is 0.253 e. The van der Waals surface area contributed by atoms with E-state index in [0.29, 0.717) is 23.2 Å². The van der Waals surface area contributed by atoms with Gasteiger partial charge < -0.3 is 10.6 Å². The zero-order valence-corrected chi connectivity index (χ0v) is 11.2. The molecule has 0 bridgehead atoms. The number of carbonyl (C=O) groups excluding carboxylic acids is 1. The van der Waals surface area contributed by atoms with E-state index in [9.17, 15) is 9.18 Å². The first-order chi connectivity index (χ1) is 8.42. The van der Waals surface area contributed by atoms with Crippen molar-refractivity contribution in [2.45, 2.75) is 20.8 Å². The molecule has 1 amide bonds. The number of amides is 1. The van der Waals surface area contributed by atoms with Gasteiger partial charge >= 0.3 is 0 Å². The van der Waals surface area contributed by atoms with Gasteiger partial charge in [0.05, 0.1) is 5.69 Å². The minimum atomic E-state index is -0.456. The molecule has 0 saturated carbocycles. The van der Waals surface area contributed by atoms with Gasteiger partial charge in [0, 0.05) is 19.2 Å². The van der Waals surface area contributed by atoms with Gasteiger partial charge in [-0.15, -0.1) is 0 Å². The third kappa shape index (κ3) is 2.70. The lowest BCUT2D eigenvalue weighted by Gasteiger charge is -2.18. The fourth-order valence-corrected chi connectivity index (χ4v) is 1.72. The first-order valence-corrected chi connectivity index (χ1v) is 5.90. The molecule has 2 N–H and O–H groups in total. The third-order valence-electron chi connectivity index (χ3n) is 2.97. The first-order valence-electron chi connectivity index (χ1n) is 5.90. The summed E-state index contributed by atoms with van der Waals surface area (Å²) in [7, 11) is 1.73. The van der Waals surface area contributed by atoms with Crippen molar-refractivity contribution < 1.29 is 9.18 Å². The number of allylic oxidation sites excluding steroid dienone is 1. The molecule has 0 saturated heterocycles. The van der Waals surface area contributed by atoms with E-state index in [4.69, 9.17) is 5.73 Å². The summed E-state index contributed by atoms with van der Waals surface area (Å²) in [6.45, 7) is 6.07. The van der Waals surface area contributed by atoms with Crippen LogP contribution >= 0.6 is 0 Å². The number of benzene rings is 1. The van der Waals surface area contributed by atoms with E-state index >= 15 is 0 Å². The Morgan fingerprint density at radius 2 is 2.11 bits per heavy atom. The summed E-state index contributed by atoms with van der Waals surface area (Å²) in [5.41, 5.74) is 7.55. The van der Waals surface area contributed by atoms with Crippen molar-refractivity contribution in [3.05, 3.63) is 35.2 Å². The van der Waals surface area contributed by atoms with E-state index in [1.54, 1.807) is 31.9 Å². The molecule has 0 fully saturated rings. The molecule has 0 aliphatic rings. The monoisotopic (exact) mass is 250 g/mol. The molecule has 0 atom stereocenters. The summed E-state index contributed by atoms with van der Waals surface area (Å²) in [5.74, 6) is -0.544. The maximum absolute atomic E-state index is 13.3. The Morgan fingerprint density at radius 3 is 2.61 bits per heavy atom. The van der Waals surface area contributed by atoms with Crippen molar-refractivity contribution in [1.29, 1.82) is 0 Å². The quantitative estimate of drug-likeness (QED) is 0.662. The van der Waals surface area contributed by atoms with Gasteiger partial charge in [0.2, 0.25) is 0 Å². The number of rotatable bonds is 3.